The van der Waals surface area contributed by atoms with Crippen molar-refractivity contribution in [1.29, 1.82) is 0 Å². The van der Waals surface area contributed by atoms with Crippen LogP contribution in [0.4, 0.5) is 5.69 Å². The quantitative estimate of drug-likeness (QED) is 0.679. The van der Waals surface area contributed by atoms with Crippen LogP contribution in [0.2, 0.25) is 0 Å². The smallest absolute Gasteiger partial charge is 0.248 e. The first-order valence-corrected chi connectivity index (χ1v) is 11.6. The minimum absolute atomic E-state index is 0.111. The van der Waals surface area contributed by atoms with E-state index in [1.165, 1.54) is 22.5 Å². The SMILES string of the molecule is CCOc1ccc(S(=O)(=O)N2CCC[C@@H](C(=O)Nc3ccc(C(N)=O)cc3)C2)cc1C. The first kappa shape index (κ1) is 22.8. The average molecular weight is 446 g/mol. The number of sulfonamides is 1. The molecule has 3 rings (SSSR count). The molecule has 1 atom stereocenters. The summed E-state index contributed by atoms with van der Waals surface area (Å²) in [5, 5.41) is 2.79. The third kappa shape index (κ3) is 5.23. The van der Waals surface area contributed by atoms with Crippen LogP contribution in [-0.4, -0.2) is 44.2 Å². The van der Waals surface area contributed by atoms with Crippen molar-refractivity contribution < 1.29 is 22.7 Å². The van der Waals surface area contributed by atoms with E-state index in [1.807, 2.05) is 6.92 Å². The zero-order chi connectivity index (χ0) is 22.6. The van der Waals surface area contributed by atoms with Crippen molar-refractivity contribution in [2.75, 3.05) is 25.0 Å². The molecule has 1 aliphatic heterocycles. The maximum absolute atomic E-state index is 13.1. The Morgan fingerprint density at radius 1 is 1.19 bits per heavy atom. The van der Waals surface area contributed by atoms with E-state index in [-0.39, 0.29) is 17.3 Å². The highest BCUT2D eigenvalue weighted by Crippen LogP contribution is 2.28. The number of carbonyl (C=O) groups excluding carboxylic acids is 2. The lowest BCUT2D eigenvalue weighted by Gasteiger charge is -2.31. The van der Waals surface area contributed by atoms with Gasteiger partial charge in [0, 0.05) is 24.3 Å². The molecule has 9 heteroatoms. The van der Waals surface area contributed by atoms with Gasteiger partial charge in [0.1, 0.15) is 5.75 Å². The zero-order valence-electron chi connectivity index (χ0n) is 17.6. The van der Waals surface area contributed by atoms with Crippen LogP contribution in [0.3, 0.4) is 0 Å². The summed E-state index contributed by atoms with van der Waals surface area (Å²) in [5.74, 6) is -0.618. The van der Waals surface area contributed by atoms with Crippen LogP contribution in [0, 0.1) is 12.8 Å². The van der Waals surface area contributed by atoms with E-state index < -0.39 is 21.8 Å². The number of anilines is 1. The van der Waals surface area contributed by atoms with Crippen LogP contribution in [0.5, 0.6) is 5.75 Å². The van der Waals surface area contributed by atoms with Crippen LogP contribution in [0.25, 0.3) is 0 Å². The Morgan fingerprint density at radius 3 is 2.52 bits per heavy atom. The van der Waals surface area contributed by atoms with E-state index in [2.05, 4.69) is 5.32 Å². The highest BCUT2D eigenvalue weighted by atomic mass is 32.2. The number of nitrogens with two attached hydrogens (primary N) is 1. The van der Waals surface area contributed by atoms with Crippen molar-refractivity contribution in [2.45, 2.75) is 31.6 Å². The van der Waals surface area contributed by atoms with Gasteiger partial charge in [-0.05, 0) is 74.7 Å². The Bertz CT molecular complexity index is 1070. The number of rotatable bonds is 7. The maximum Gasteiger partial charge on any atom is 0.248 e. The number of hydrogen-bond donors (Lipinski definition) is 2. The predicted octanol–water partition coefficient (Wildman–Crippen LogP) is 2.53. The lowest BCUT2D eigenvalue weighted by Crippen LogP contribution is -2.43. The normalized spacial score (nSPS) is 17.2. The molecule has 2 amide bonds. The van der Waals surface area contributed by atoms with Gasteiger partial charge in [-0.3, -0.25) is 9.59 Å². The largest absolute Gasteiger partial charge is 0.494 e. The zero-order valence-corrected chi connectivity index (χ0v) is 18.4. The second kappa shape index (κ2) is 9.49. The van der Waals surface area contributed by atoms with E-state index in [0.717, 1.165) is 5.56 Å². The van der Waals surface area contributed by atoms with Gasteiger partial charge >= 0.3 is 0 Å². The number of hydrogen-bond acceptors (Lipinski definition) is 5. The monoisotopic (exact) mass is 445 g/mol. The molecule has 0 aromatic heterocycles. The first-order valence-electron chi connectivity index (χ1n) is 10.2. The predicted molar refractivity (Wildman–Crippen MR) is 117 cm³/mol. The Morgan fingerprint density at radius 2 is 1.90 bits per heavy atom. The molecule has 2 aromatic carbocycles. The molecule has 1 heterocycles. The van der Waals surface area contributed by atoms with Crippen molar-refractivity contribution in [1.82, 2.24) is 4.31 Å². The van der Waals surface area contributed by atoms with Crippen molar-refractivity contribution in [3.8, 4) is 5.75 Å². The van der Waals surface area contributed by atoms with Crippen LogP contribution in [0.15, 0.2) is 47.4 Å². The van der Waals surface area contributed by atoms with Gasteiger partial charge in [0.2, 0.25) is 21.8 Å². The molecule has 3 N–H and O–H groups in total. The molecule has 8 nitrogen and oxygen atoms in total. The standard InChI is InChI=1S/C22H27N3O5S/c1-3-30-20-11-10-19(13-15(20)2)31(28,29)25-12-4-5-17(14-25)22(27)24-18-8-6-16(7-9-18)21(23)26/h6-11,13,17H,3-5,12,14H2,1-2H3,(H2,23,26)(H,24,27)/t17-/m1/s1. The number of piperidine rings is 1. The number of carbonyl (C=O) groups is 2. The van der Waals surface area contributed by atoms with Gasteiger partial charge in [0.25, 0.3) is 0 Å². The number of amides is 2. The highest BCUT2D eigenvalue weighted by Gasteiger charge is 2.33. The number of nitrogens with zero attached hydrogens (tertiary/aromatic N) is 1. The van der Waals surface area contributed by atoms with Gasteiger partial charge in [-0.25, -0.2) is 8.42 Å². The minimum atomic E-state index is -3.72. The number of benzene rings is 2. The van der Waals surface area contributed by atoms with E-state index in [4.69, 9.17) is 10.5 Å². The molecule has 1 fully saturated rings. The molecular formula is C22H27N3O5S. The lowest BCUT2D eigenvalue weighted by molar-refractivity contribution is -0.120. The van der Waals surface area contributed by atoms with Gasteiger partial charge in [-0.2, -0.15) is 4.31 Å². The van der Waals surface area contributed by atoms with Crippen LogP contribution in [-0.2, 0) is 14.8 Å². The Labute approximate surface area is 182 Å². The maximum atomic E-state index is 13.1. The number of nitrogens with one attached hydrogen (secondary N) is 1. The second-order valence-electron chi connectivity index (χ2n) is 7.49. The van der Waals surface area contributed by atoms with E-state index in [0.29, 0.717) is 43.0 Å². The summed E-state index contributed by atoms with van der Waals surface area (Å²) in [6, 6.07) is 11.1. The van der Waals surface area contributed by atoms with Gasteiger partial charge in [-0.1, -0.05) is 0 Å². The Balaban J connectivity index is 1.71. The summed E-state index contributed by atoms with van der Waals surface area (Å²) < 4.78 is 33.1. The minimum Gasteiger partial charge on any atom is -0.494 e. The second-order valence-corrected chi connectivity index (χ2v) is 9.43. The number of ether oxygens (including phenoxy) is 1. The van der Waals surface area contributed by atoms with Gasteiger partial charge in [0.05, 0.1) is 17.4 Å². The molecular weight excluding hydrogens is 418 g/mol. The fraction of sp³-hybridized carbons (Fsp3) is 0.364. The molecule has 0 aliphatic carbocycles. The fourth-order valence-electron chi connectivity index (χ4n) is 3.59. The molecule has 2 aromatic rings. The molecule has 0 saturated carbocycles. The molecule has 31 heavy (non-hydrogen) atoms. The van der Waals surface area contributed by atoms with Crippen LogP contribution < -0.4 is 15.8 Å². The fourth-order valence-corrected chi connectivity index (χ4v) is 5.20. The summed E-state index contributed by atoms with van der Waals surface area (Å²) in [4.78, 5) is 24.1. The van der Waals surface area contributed by atoms with Gasteiger partial charge < -0.3 is 15.8 Å². The topological polar surface area (TPSA) is 119 Å². The third-order valence-corrected chi connectivity index (χ3v) is 7.14. The molecule has 1 aliphatic rings. The molecule has 0 spiro atoms. The lowest BCUT2D eigenvalue weighted by atomic mass is 9.98. The summed E-state index contributed by atoms with van der Waals surface area (Å²) >= 11 is 0. The number of primary amides is 1. The Hall–Kier alpha value is -2.91. The van der Waals surface area contributed by atoms with E-state index in [9.17, 15) is 18.0 Å². The molecule has 0 unspecified atom stereocenters. The summed E-state index contributed by atoms with van der Waals surface area (Å²) in [6.45, 7) is 4.65. The van der Waals surface area contributed by atoms with Crippen molar-refractivity contribution in [3.63, 3.8) is 0 Å². The average Bonchev–Trinajstić information content (AvgIpc) is 2.75. The molecule has 0 bridgehead atoms. The highest BCUT2D eigenvalue weighted by molar-refractivity contribution is 7.89. The summed E-state index contributed by atoms with van der Waals surface area (Å²) in [7, 11) is -3.72. The molecule has 0 radical (unpaired) electrons. The summed E-state index contributed by atoms with van der Waals surface area (Å²) in [5.41, 5.74) is 6.84. The van der Waals surface area contributed by atoms with Crippen LogP contribution >= 0.6 is 0 Å². The Kier molecular flexibility index (Phi) is 6.97. The summed E-state index contributed by atoms with van der Waals surface area (Å²) in [6.07, 6.45) is 1.19. The molecule has 1 saturated heterocycles. The van der Waals surface area contributed by atoms with Gasteiger partial charge in [0.15, 0.2) is 0 Å². The van der Waals surface area contributed by atoms with Crippen molar-refractivity contribution >= 4 is 27.5 Å². The van der Waals surface area contributed by atoms with Crippen LogP contribution in [0.1, 0.15) is 35.7 Å². The van der Waals surface area contributed by atoms with E-state index in [1.54, 1.807) is 31.2 Å². The number of aryl methyl sites for hydroxylation is 1. The van der Waals surface area contributed by atoms with Crippen molar-refractivity contribution in [2.24, 2.45) is 11.7 Å². The third-order valence-electron chi connectivity index (χ3n) is 5.28. The first-order chi connectivity index (χ1) is 14.7. The van der Waals surface area contributed by atoms with E-state index >= 15 is 0 Å². The molecule has 166 valence electrons. The van der Waals surface area contributed by atoms with Crippen molar-refractivity contribution in [3.05, 3.63) is 53.6 Å². The van der Waals surface area contributed by atoms with Gasteiger partial charge in [-0.15, -0.1) is 0 Å².